The number of rotatable bonds is 5. The molecule has 0 spiro atoms. The molecule has 1 heterocycles. The quantitative estimate of drug-likeness (QED) is 0.586. The maximum absolute atomic E-state index is 4.48. The van der Waals surface area contributed by atoms with Crippen LogP contribution in [0.3, 0.4) is 0 Å². The first-order valence-corrected chi connectivity index (χ1v) is 8.23. The lowest BCUT2D eigenvalue weighted by molar-refractivity contribution is 0.431. The molecular formula is C20H22N4. The van der Waals surface area contributed by atoms with Crippen LogP contribution in [0.1, 0.15) is 32.8 Å². The SMILES string of the molecule is CC(CC(C)(C)c1ccccc1)N=Nc1nncc2ccccc12. The molecule has 4 nitrogen and oxygen atoms in total. The van der Waals surface area contributed by atoms with Crippen molar-refractivity contribution in [2.24, 2.45) is 10.2 Å². The van der Waals surface area contributed by atoms with Gasteiger partial charge >= 0.3 is 0 Å². The highest BCUT2D eigenvalue weighted by Gasteiger charge is 2.23. The van der Waals surface area contributed by atoms with Gasteiger partial charge in [-0.15, -0.1) is 10.2 Å². The lowest BCUT2D eigenvalue weighted by Gasteiger charge is -2.26. The first-order valence-electron chi connectivity index (χ1n) is 8.23. The van der Waals surface area contributed by atoms with E-state index in [1.54, 1.807) is 6.20 Å². The largest absolute Gasteiger partial charge is 0.203 e. The van der Waals surface area contributed by atoms with Crippen molar-refractivity contribution in [3.05, 3.63) is 66.4 Å². The maximum atomic E-state index is 4.48. The third-order valence-corrected chi connectivity index (χ3v) is 4.26. The van der Waals surface area contributed by atoms with Crippen molar-refractivity contribution in [1.29, 1.82) is 0 Å². The highest BCUT2D eigenvalue weighted by molar-refractivity contribution is 5.89. The third-order valence-electron chi connectivity index (χ3n) is 4.26. The molecule has 0 saturated carbocycles. The van der Waals surface area contributed by atoms with Crippen molar-refractivity contribution in [1.82, 2.24) is 10.2 Å². The predicted octanol–water partition coefficient (Wildman–Crippen LogP) is 5.47. The summed E-state index contributed by atoms with van der Waals surface area (Å²) in [7, 11) is 0. The maximum Gasteiger partial charge on any atom is 0.203 e. The van der Waals surface area contributed by atoms with E-state index in [0.717, 1.165) is 17.2 Å². The van der Waals surface area contributed by atoms with Gasteiger partial charge in [-0.1, -0.05) is 68.4 Å². The number of benzene rings is 2. The number of hydrogen-bond donors (Lipinski definition) is 0. The molecular weight excluding hydrogens is 296 g/mol. The molecule has 2 aromatic carbocycles. The molecule has 24 heavy (non-hydrogen) atoms. The first-order chi connectivity index (χ1) is 11.6. The summed E-state index contributed by atoms with van der Waals surface area (Å²) in [5, 5.41) is 19.0. The van der Waals surface area contributed by atoms with Crippen LogP contribution in [0.15, 0.2) is 71.0 Å². The Labute approximate surface area is 142 Å². The topological polar surface area (TPSA) is 50.5 Å². The Bertz CT molecular complexity index is 835. The summed E-state index contributed by atoms with van der Waals surface area (Å²) in [4.78, 5) is 0. The van der Waals surface area contributed by atoms with Crippen molar-refractivity contribution in [2.45, 2.75) is 38.6 Å². The van der Waals surface area contributed by atoms with E-state index in [9.17, 15) is 0 Å². The van der Waals surface area contributed by atoms with E-state index in [1.807, 2.05) is 30.3 Å². The van der Waals surface area contributed by atoms with Gasteiger partial charge in [0.05, 0.1) is 12.2 Å². The van der Waals surface area contributed by atoms with E-state index in [-0.39, 0.29) is 11.5 Å². The van der Waals surface area contributed by atoms with E-state index in [4.69, 9.17) is 0 Å². The Morgan fingerprint density at radius 3 is 2.50 bits per heavy atom. The van der Waals surface area contributed by atoms with Crippen LogP contribution in [0.2, 0.25) is 0 Å². The van der Waals surface area contributed by atoms with Crippen molar-refractivity contribution in [2.75, 3.05) is 0 Å². The molecule has 0 amide bonds. The molecule has 0 aliphatic carbocycles. The third kappa shape index (κ3) is 3.65. The standard InChI is InChI=1S/C20H22N4/c1-15(13-20(2,3)17-10-5-4-6-11-17)22-24-19-18-12-8-7-9-16(18)14-21-23-19/h4-12,14-15H,13H2,1-3H3. The molecule has 0 bridgehead atoms. The average molecular weight is 318 g/mol. The second kappa shape index (κ2) is 6.87. The van der Waals surface area contributed by atoms with E-state index >= 15 is 0 Å². The van der Waals surface area contributed by atoms with Gasteiger partial charge in [-0.2, -0.15) is 10.2 Å². The zero-order valence-corrected chi connectivity index (χ0v) is 14.3. The van der Waals surface area contributed by atoms with Gasteiger partial charge in [0.25, 0.3) is 0 Å². The summed E-state index contributed by atoms with van der Waals surface area (Å²) in [6, 6.07) is 18.6. The van der Waals surface area contributed by atoms with Crippen LogP contribution in [-0.2, 0) is 5.41 Å². The second-order valence-electron chi connectivity index (χ2n) is 6.77. The number of aromatic nitrogens is 2. The molecule has 1 unspecified atom stereocenters. The van der Waals surface area contributed by atoms with Gasteiger partial charge in [-0.05, 0) is 24.3 Å². The van der Waals surface area contributed by atoms with Gasteiger partial charge in [0, 0.05) is 10.8 Å². The van der Waals surface area contributed by atoms with Crippen molar-refractivity contribution in [3.8, 4) is 0 Å². The van der Waals surface area contributed by atoms with Gasteiger partial charge in [0.15, 0.2) is 0 Å². The summed E-state index contributed by atoms with van der Waals surface area (Å²) in [6.45, 7) is 6.57. The zero-order chi connectivity index (χ0) is 17.0. The number of azo groups is 1. The summed E-state index contributed by atoms with van der Waals surface area (Å²) in [6.07, 6.45) is 2.66. The lowest BCUT2D eigenvalue weighted by Crippen LogP contribution is -2.22. The summed E-state index contributed by atoms with van der Waals surface area (Å²) in [5.41, 5.74) is 1.36. The Hall–Kier alpha value is -2.62. The average Bonchev–Trinajstić information content (AvgIpc) is 2.60. The van der Waals surface area contributed by atoms with Gasteiger partial charge in [-0.3, -0.25) is 0 Å². The van der Waals surface area contributed by atoms with E-state index in [0.29, 0.717) is 5.82 Å². The molecule has 0 radical (unpaired) electrons. The van der Waals surface area contributed by atoms with Crippen molar-refractivity contribution >= 4 is 16.6 Å². The minimum atomic E-state index is 0.0458. The molecule has 1 aromatic heterocycles. The Kier molecular flexibility index (Phi) is 4.65. The molecule has 1 atom stereocenters. The number of nitrogens with zero attached hydrogens (tertiary/aromatic N) is 4. The summed E-state index contributed by atoms with van der Waals surface area (Å²) < 4.78 is 0. The molecule has 0 fully saturated rings. The minimum Gasteiger partial charge on any atom is -0.184 e. The van der Waals surface area contributed by atoms with Crippen LogP contribution in [0.5, 0.6) is 0 Å². The van der Waals surface area contributed by atoms with Crippen molar-refractivity contribution < 1.29 is 0 Å². The molecule has 0 aliphatic rings. The monoisotopic (exact) mass is 318 g/mol. The Morgan fingerprint density at radius 2 is 1.71 bits per heavy atom. The Morgan fingerprint density at radius 1 is 1.00 bits per heavy atom. The molecule has 3 aromatic rings. The zero-order valence-electron chi connectivity index (χ0n) is 14.3. The normalized spacial score (nSPS) is 13.5. The van der Waals surface area contributed by atoms with Crippen molar-refractivity contribution in [3.63, 3.8) is 0 Å². The highest BCUT2D eigenvalue weighted by Crippen LogP contribution is 2.30. The predicted molar refractivity (Wildman–Crippen MR) is 97.6 cm³/mol. The van der Waals surface area contributed by atoms with Gasteiger partial charge in [-0.25, -0.2) is 0 Å². The minimum absolute atomic E-state index is 0.0458. The smallest absolute Gasteiger partial charge is 0.184 e. The lowest BCUT2D eigenvalue weighted by atomic mass is 9.79. The second-order valence-corrected chi connectivity index (χ2v) is 6.77. The van der Waals surface area contributed by atoms with Crippen LogP contribution in [0.25, 0.3) is 10.8 Å². The molecule has 122 valence electrons. The molecule has 3 rings (SSSR count). The fourth-order valence-corrected chi connectivity index (χ4v) is 3.03. The highest BCUT2D eigenvalue weighted by atomic mass is 15.2. The van der Waals surface area contributed by atoms with Gasteiger partial charge < -0.3 is 0 Å². The Balaban J connectivity index is 1.76. The first kappa shape index (κ1) is 16.2. The summed E-state index contributed by atoms with van der Waals surface area (Å²) in [5.74, 6) is 0.581. The van der Waals surface area contributed by atoms with E-state index < -0.39 is 0 Å². The van der Waals surface area contributed by atoms with Gasteiger partial charge in [0.1, 0.15) is 0 Å². The fraction of sp³-hybridized carbons (Fsp3) is 0.300. The van der Waals surface area contributed by atoms with Gasteiger partial charge in [0.2, 0.25) is 5.82 Å². The van der Waals surface area contributed by atoms with E-state index in [1.165, 1.54) is 5.56 Å². The van der Waals surface area contributed by atoms with Crippen LogP contribution < -0.4 is 0 Å². The molecule has 0 aliphatic heterocycles. The van der Waals surface area contributed by atoms with Crippen LogP contribution >= 0.6 is 0 Å². The summed E-state index contributed by atoms with van der Waals surface area (Å²) >= 11 is 0. The fourth-order valence-electron chi connectivity index (χ4n) is 3.03. The molecule has 0 saturated heterocycles. The van der Waals surface area contributed by atoms with E-state index in [2.05, 4.69) is 65.5 Å². The molecule has 4 heteroatoms. The number of hydrogen-bond acceptors (Lipinski definition) is 4. The number of fused-ring (bicyclic) bond motifs is 1. The molecule has 0 N–H and O–H groups in total. The van der Waals surface area contributed by atoms with Crippen LogP contribution in [0, 0.1) is 0 Å². The van der Waals surface area contributed by atoms with Crippen LogP contribution in [-0.4, -0.2) is 16.2 Å². The van der Waals surface area contributed by atoms with Crippen LogP contribution in [0.4, 0.5) is 5.82 Å².